The number of aromatic nitrogens is 2. The van der Waals surface area contributed by atoms with E-state index in [1.165, 1.54) is 28.0 Å². The summed E-state index contributed by atoms with van der Waals surface area (Å²) in [6.45, 7) is 5.36. The number of aliphatic hydroxyl groups is 1. The van der Waals surface area contributed by atoms with E-state index < -0.39 is 18.1 Å². The van der Waals surface area contributed by atoms with Gasteiger partial charge in [-0.1, -0.05) is 36.2 Å². The van der Waals surface area contributed by atoms with Gasteiger partial charge in [-0.15, -0.1) is 23.1 Å². The first kappa shape index (κ1) is 35.4. The van der Waals surface area contributed by atoms with E-state index in [-0.39, 0.29) is 29.7 Å². The van der Waals surface area contributed by atoms with Gasteiger partial charge in [0.15, 0.2) is 0 Å². The fourth-order valence-corrected chi connectivity index (χ4v) is 7.16. The monoisotopic (exact) mass is 702 g/mol. The Bertz CT molecular complexity index is 1750. The maximum absolute atomic E-state index is 13.0. The van der Waals surface area contributed by atoms with Crippen molar-refractivity contribution in [1.82, 2.24) is 20.2 Å². The number of ether oxygens (including phenoxy) is 1. The Kier molecular flexibility index (Phi) is 13.0. The van der Waals surface area contributed by atoms with E-state index in [1.807, 2.05) is 24.3 Å². The largest absolute Gasteiger partial charge is 0.488 e. The van der Waals surface area contributed by atoms with Crippen molar-refractivity contribution in [3.63, 3.8) is 0 Å². The molecule has 5 rings (SSSR count). The van der Waals surface area contributed by atoms with Crippen LogP contribution >= 0.6 is 46.7 Å². The van der Waals surface area contributed by atoms with Crippen molar-refractivity contribution in [2.45, 2.75) is 38.6 Å². The average Bonchev–Trinajstić information content (AvgIpc) is 3.59. The molecule has 0 saturated carbocycles. The summed E-state index contributed by atoms with van der Waals surface area (Å²) in [6.07, 6.45) is 3.37. The number of aromatic amines is 1. The third kappa shape index (κ3) is 8.65. The molecule has 0 saturated heterocycles. The molecule has 0 bridgehead atoms. The SMILES string of the molecule is CCc1cccs1.CSOC(=O)C1=C(COc2ccc(Cl)cc2-c2nc3ccc(C)cc3c(=O)[nH]2)CSC(C(C)NC=O)N1CO. The van der Waals surface area contributed by atoms with Crippen molar-refractivity contribution in [1.29, 1.82) is 0 Å². The minimum atomic E-state index is -0.633. The highest BCUT2D eigenvalue weighted by molar-refractivity contribution is 8.00. The number of H-pyrrole nitrogens is 1. The second-order valence-corrected chi connectivity index (χ2v) is 13.2. The number of hydrogen-bond acceptors (Lipinski definition) is 11. The standard InChI is InChI=1S/C26H27ClN4O6S2.C6H8S/c1-14-4-6-20-18(8-14)24(34)30-23(29-20)19-9-17(27)5-7-21(19)36-10-16-11-39-25(15(2)28-12-32)31(13-33)22(16)26(35)37-38-3;1-2-6-4-3-5-7-6/h4-9,12,15,25,33H,10-11,13H2,1-3H3,(H,28,32)(H,29,30,34);3-5H,2H2,1H3. The van der Waals surface area contributed by atoms with Crippen LogP contribution in [0.3, 0.4) is 0 Å². The van der Waals surface area contributed by atoms with Crippen molar-refractivity contribution in [3.8, 4) is 17.1 Å². The van der Waals surface area contributed by atoms with E-state index in [0.29, 0.717) is 45.0 Å². The number of aryl methyl sites for hydroxylation is 2. The first-order valence-corrected chi connectivity index (χ1v) is 17.8. The molecular weight excluding hydrogens is 668 g/mol. The van der Waals surface area contributed by atoms with Gasteiger partial charge < -0.3 is 29.2 Å². The summed E-state index contributed by atoms with van der Waals surface area (Å²) in [5, 5.41) is 15.5. The van der Waals surface area contributed by atoms with Gasteiger partial charge in [-0.3, -0.25) is 9.59 Å². The van der Waals surface area contributed by atoms with Crippen LogP contribution in [-0.4, -0.2) is 69.1 Å². The smallest absolute Gasteiger partial charge is 0.366 e. The Balaban J connectivity index is 0.000000606. The number of nitrogens with zero attached hydrogens (tertiary/aromatic N) is 2. The fourth-order valence-electron chi connectivity index (χ4n) is 4.79. The van der Waals surface area contributed by atoms with Crippen molar-refractivity contribution < 1.29 is 23.6 Å². The molecule has 3 heterocycles. The van der Waals surface area contributed by atoms with Crippen LogP contribution < -0.4 is 15.6 Å². The van der Waals surface area contributed by atoms with Gasteiger partial charge in [-0.2, -0.15) is 0 Å². The summed E-state index contributed by atoms with van der Waals surface area (Å²) in [6, 6.07) is 14.3. The highest BCUT2D eigenvalue weighted by Gasteiger charge is 2.36. The second kappa shape index (κ2) is 16.9. The molecule has 2 aromatic heterocycles. The number of halogens is 1. The number of aliphatic hydroxyl groups excluding tert-OH is 1. The molecule has 14 heteroatoms. The zero-order valence-electron chi connectivity index (χ0n) is 25.7. The van der Waals surface area contributed by atoms with E-state index in [0.717, 1.165) is 17.6 Å². The third-order valence-corrected chi connectivity index (χ3v) is 10.1. The fraction of sp³-hybridized carbons (Fsp3) is 0.312. The Labute approximate surface area is 284 Å². The molecule has 2 unspecified atom stereocenters. The van der Waals surface area contributed by atoms with Crippen LogP contribution in [0.2, 0.25) is 5.02 Å². The van der Waals surface area contributed by atoms with Gasteiger partial charge in [0.1, 0.15) is 30.6 Å². The van der Waals surface area contributed by atoms with Crippen molar-refractivity contribution in [2.75, 3.05) is 25.3 Å². The normalized spacial score (nSPS) is 15.2. The van der Waals surface area contributed by atoms with E-state index in [1.54, 1.807) is 43.5 Å². The van der Waals surface area contributed by atoms with E-state index >= 15 is 0 Å². The molecule has 0 fully saturated rings. The number of thioether (sulfide) groups is 1. The van der Waals surface area contributed by atoms with Crippen molar-refractivity contribution in [2.24, 2.45) is 0 Å². The molecule has 0 radical (unpaired) electrons. The number of carbonyl (C=O) groups excluding carboxylic acids is 2. The first-order chi connectivity index (χ1) is 22.2. The lowest BCUT2D eigenvalue weighted by atomic mass is 10.1. The minimum Gasteiger partial charge on any atom is -0.488 e. The van der Waals surface area contributed by atoms with Crippen LogP contribution in [0, 0.1) is 6.92 Å². The molecule has 10 nitrogen and oxygen atoms in total. The number of benzene rings is 2. The van der Waals surface area contributed by atoms with Crippen LogP contribution in [0.5, 0.6) is 5.75 Å². The number of hydrogen-bond donors (Lipinski definition) is 3. The summed E-state index contributed by atoms with van der Waals surface area (Å²) in [5.41, 5.74) is 2.40. The molecule has 3 N–H and O–H groups in total. The summed E-state index contributed by atoms with van der Waals surface area (Å²) in [4.78, 5) is 47.2. The number of amides is 1. The topological polar surface area (TPSA) is 134 Å². The van der Waals surface area contributed by atoms with Gasteiger partial charge >= 0.3 is 5.97 Å². The molecule has 244 valence electrons. The molecule has 1 aliphatic heterocycles. The maximum atomic E-state index is 13.0. The number of carbonyl (C=O) groups is 2. The zero-order valence-corrected chi connectivity index (χ0v) is 28.9. The summed E-state index contributed by atoms with van der Waals surface area (Å²) < 4.78 is 11.4. The second-order valence-electron chi connectivity index (χ2n) is 10.2. The number of thiophene rings is 1. The van der Waals surface area contributed by atoms with Crippen molar-refractivity contribution in [3.05, 3.63) is 91.0 Å². The van der Waals surface area contributed by atoms with E-state index in [4.69, 9.17) is 20.5 Å². The molecule has 0 aliphatic carbocycles. The molecule has 4 aromatic rings. The van der Waals surface area contributed by atoms with Crippen LogP contribution in [-0.2, 0) is 20.2 Å². The Morgan fingerprint density at radius 2 is 2.11 bits per heavy atom. The van der Waals surface area contributed by atoms with Gasteiger partial charge in [0.2, 0.25) is 6.41 Å². The molecule has 1 aliphatic rings. The van der Waals surface area contributed by atoms with Gasteiger partial charge in [0.25, 0.3) is 5.56 Å². The van der Waals surface area contributed by atoms with Gasteiger partial charge in [0.05, 0.1) is 39.9 Å². The van der Waals surface area contributed by atoms with Gasteiger partial charge in [0, 0.05) is 27.5 Å². The summed E-state index contributed by atoms with van der Waals surface area (Å²) >= 11 is 10.4. The third-order valence-electron chi connectivity index (χ3n) is 7.01. The molecule has 2 aromatic carbocycles. The first-order valence-electron chi connectivity index (χ1n) is 14.3. The summed E-state index contributed by atoms with van der Waals surface area (Å²) in [7, 11) is 0. The number of fused-ring (bicyclic) bond motifs is 1. The van der Waals surface area contributed by atoms with E-state index in [9.17, 15) is 19.5 Å². The van der Waals surface area contributed by atoms with Gasteiger partial charge in [-0.25, -0.2) is 9.78 Å². The number of nitrogens with one attached hydrogen (secondary N) is 2. The average molecular weight is 703 g/mol. The maximum Gasteiger partial charge on any atom is 0.366 e. The lowest BCUT2D eigenvalue weighted by Gasteiger charge is -2.40. The Hall–Kier alpha value is -3.49. The predicted octanol–water partition coefficient (Wildman–Crippen LogP) is 5.78. The van der Waals surface area contributed by atoms with Crippen molar-refractivity contribution >= 4 is 70.0 Å². The Morgan fingerprint density at radius 3 is 2.76 bits per heavy atom. The quantitative estimate of drug-likeness (QED) is 0.131. The Morgan fingerprint density at radius 1 is 1.30 bits per heavy atom. The predicted molar refractivity (Wildman–Crippen MR) is 187 cm³/mol. The molecule has 1 amide bonds. The highest BCUT2D eigenvalue weighted by atomic mass is 35.5. The molecule has 46 heavy (non-hydrogen) atoms. The molecule has 2 atom stereocenters. The lowest BCUT2D eigenvalue weighted by molar-refractivity contribution is -0.131. The van der Waals surface area contributed by atoms with Crippen LogP contribution in [0.15, 0.2) is 70.0 Å². The minimum absolute atomic E-state index is 0.0177. The molecule has 0 spiro atoms. The zero-order chi connectivity index (χ0) is 33.2. The van der Waals surface area contributed by atoms with E-state index in [2.05, 4.69) is 39.7 Å². The van der Waals surface area contributed by atoms with Crippen LogP contribution in [0.4, 0.5) is 0 Å². The highest BCUT2D eigenvalue weighted by Crippen LogP contribution is 2.36. The van der Waals surface area contributed by atoms with Crippen LogP contribution in [0.1, 0.15) is 24.3 Å². The number of rotatable bonds is 11. The van der Waals surface area contributed by atoms with Gasteiger partial charge in [-0.05, 0) is 62.0 Å². The summed E-state index contributed by atoms with van der Waals surface area (Å²) in [5.74, 6) is 0.426. The van der Waals surface area contributed by atoms with Crippen LogP contribution in [0.25, 0.3) is 22.3 Å². The lowest BCUT2D eigenvalue weighted by Crippen LogP contribution is -2.50. The molecular formula is C32H35ClN4O6S3.